The molecular weight excluding hydrogens is 166 g/mol. The Hall–Kier alpha value is -0.700. The van der Waals surface area contributed by atoms with E-state index in [9.17, 15) is 9.59 Å². The van der Waals surface area contributed by atoms with Crippen LogP contribution in [0, 0.1) is 0 Å². The lowest BCUT2D eigenvalue weighted by molar-refractivity contribution is -0.122. The van der Waals surface area contributed by atoms with Gasteiger partial charge < -0.3 is 0 Å². The van der Waals surface area contributed by atoms with E-state index in [2.05, 4.69) is 0 Å². The molecule has 1 atom stereocenters. The summed E-state index contributed by atoms with van der Waals surface area (Å²) in [5, 5.41) is 0. The molecule has 0 aliphatic heterocycles. The number of nitrogens with zero attached hydrogens (tertiary/aromatic N) is 1. The first kappa shape index (κ1) is 12.3. The Morgan fingerprint density at radius 1 is 1.31 bits per heavy atom. The van der Waals surface area contributed by atoms with Gasteiger partial charge in [0.15, 0.2) is 0 Å². The van der Waals surface area contributed by atoms with E-state index in [1.54, 1.807) is 6.92 Å². The molecule has 0 heterocycles. The van der Waals surface area contributed by atoms with Crippen LogP contribution < -0.4 is 0 Å². The molecule has 0 rings (SSSR count). The zero-order valence-corrected chi connectivity index (χ0v) is 8.96. The second kappa shape index (κ2) is 5.86. The zero-order chi connectivity index (χ0) is 10.4. The molecule has 0 aliphatic rings. The molecule has 3 heteroatoms. The van der Waals surface area contributed by atoms with Crippen molar-refractivity contribution in [2.45, 2.75) is 39.2 Å². The molecule has 0 bridgehead atoms. The summed E-state index contributed by atoms with van der Waals surface area (Å²) in [5.41, 5.74) is 0. The third-order valence-electron chi connectivity index (χ3n) is 2.18. The Kier molecular flexibility index (Phi) is 5.55. The molecule has 76 valence electrons. The summed E-state index contributed by atoms with van der Waals surface area (Å²) >= 11 is 0. The number of hydrogen-bond acceptors (Lipinski definition) is 3. The fourth-order valence-corrected chi connectivity index (χ4v) is 1.30. The van der Waals surface area contributed by atoms with Crippen molar-refractivity contribution in [1.82, 2.24) is 4.90 Å². The van der Waals surface area contributed by atoms with Crippen molar-refractivity contribution in [3.05, 3.63) is 0 Å². The highest BCUT2D eigenvalue weighted by molar-refractivity contribution is 5.83. The molecule has 0 aromatic rings. The molecule has 0 saturated heterocycles. The van der Waals surface area contributed by atoms with Crippen LogP contribution in [0.4, 0.5) is 0 Å². The molecule has 0 aliphatic carbocycles. The van der Waals surface area contributed by atoms with E-state index in [-0.39, 0.29) is 17.6 Å². The van der Waals surface area contributed by atoms with Crippen molar-refractivity contribution in [3.63, 3.8) is 0 Å². The van der Waals surface area contributed by atoms with E-state index in [4.69, 9.17) is 0 Å². The molecule has 0 fully saturated rings. The van der Waals surface area contributed by atoms with E-state index in [0.717, 1.165) is 0 Å². The van der Waals surface area contributed by atoms with E-state index < -0.39 is 0 Å². The summed E-state index contributed by atoms with van der Waals surface area (Å²) in [4.78, 5) is 24.0. The summed E-state index contributed by atoms with van der Waals surface area (Å²) in [6.45, 7) is 3.42. The Morgan fingerprint density at radius 2 is 1.85 bits per heavy atom. The monoisotopic (exact) mass is 185 g/mol. The highest BCUT2D eigenvalue weighted by atomic mass is 16.1. The van der Waals surface area contributed by atoms with Crippen molar-refractivity contribution >= 4 is 11.6 Å². The Morgan fingerprint density at radius 3 is 2.15 bits per heavy atom. The van der Waals surface area contributed by atoms with Gasteiger partial charge in [0.1, 0.15) is 11.6 Å². The number of hydrogen-bond donors (Lipinski definition) is 0. The minimum Gasteiger partial charge on any atom is -0.300 e. The molecule has 0 aromatic carbocycles. The summed E-state index contributed by atoms with van der Waals surface area (Å²) in [7, 11) is 3.73. The van der Waals surface area contributed by atoms with Gasteiger partial charge in [-0.2, -0.15) is 0 Å². The highest BCUT2D eigenvalue weighted by Crippen LogP contribution is 2.06. The number of likely N-dealkylation sites (N-methyl/N-ethyl adjacent to an activating group) is 1. The maximum Gasteiger partial charge on any atom is 0.146 e. The van der Waals surface area contributed by atoms with Gasteiger partial charge >= 0.3 is 0 Å². The molecule has 13 heavy (non-hydrogen) atoms. The van der Waals surface area contributed by atoms with Crippen LogP contribution in [0.5, 0.6) is 0 Å². The summed E-state index contributed by atoms with van der Waals surface area (Å²) in [6, 6.07) is -0.101. The first-order chi connectivity index (χ1) is 5.99. The van der Waals surface area contributed by atoms with Crippen LogP contribution in [0.25, 0.3) is 0 Å². The molecule has 0 saturated carbocycles. The van der Waals surface area contributed by atoms with Gasteiger partial charge in [-0.15, -0.1) is 0 Å². The topological polar surface area (TPSA) is 37.4 Å². The standard InChI is InChI=1S/C10H19NO2/c1-5-9(13)6-7-10(8(2)12)11(3)4/h10H,5-7H2,1-4H3. The van der Waals surface area contributed by atoms with Crippen LogP contribution in [0.15, 0.2) is 0 Å². The number of rotatable bonds is 6. The fraction of sp³-hybridized carbons (Fsp3) is 0.800. The first-order valence-electron chi connectivity index (χ1n) is 4.67. The third kappa shape index (κ3) is 4.78. The number of ketones is 2. The Balaban J connectivity index is 3.97. The van der Waals surface area contributed by atoms with Crippen LogP contribution >= 0.6 is 0 Å². The van der Waals surface area contributed by atoms with Crippen molar-refractivity contribution in [3.8, 4) is 0 Å². The quantitative estimate of drug-likeness (QED) is 0.625. The van der Waals surface area contributed by atoms with E-state index in [1.165, 1.54) is 0 Å². The van der Waals surface area contributed by atoms with E-state index >= 15 is 0 Å². The van der Waals surface area contributed by atoms with Crippen LogP contribution in [0.3, 0.4) is 0 Å². The molecule has 0 N–H and O–H groups in total. The number of Topliss-reactive ketones (excluding diaryl/α,β-unsaturated/α-hetero) is 2. The van der Waals surface area contributed by atoms with E-state index in [0.29, 0.717) is 19.3 Å². The zero-order valence-electron chi connectivity index (χ0n) is 8.96. The molecule has 0 radical (unpaired) electrons. The number of carbonyl (C=O) groups excluding carboxylic acids is 2. The lowest BCUT2D eigenvalue weighted by Gasteiger charge is -2.20. The summed E-state index contributed by atoms with van der Waals surface area (Å²) < 4.78 is 0. The maximum absolute atomic E-state index is 11.1. The van der Waals surface area contributed by atoms with Crippen molar-refractivity contribution in [2.75, 3.05) is 14.1 Å². The van der Waals surface area contributed by atoms with Crippen LogP contribution in [0.1, 0.15) is 33.1 Å². The highest BCUT2D eigenvalue weighted by Gasteiger charge is 2.16. The summed E-state index contributed by atoms with van der Waals surface area (Å²) in [5.74, 6) is 0.363. The minimum atomic E-state index is -0.101. The normalized spacial score (nSPS) is 13.0. The maximum atomic E-state index is 11.1. The average molecular weight is 185 g/mol. The molecule has 0 amide bonds. The first-order valence-corrected chi connectivity index (χ1v) is 4.67. The van der Waals surface area contributed by atoms with Gasteiger partial charge in [-0.3, -0.25) is 14.5 Å². The van der Waals surface area contributed by atoms with Crippen LogP contribution in [-0.2, 0) is 9.59 Å². The second-order valence-electron chi connectivity index (χ2n) is 3.52. The Bertz CT molecular complexity index is 187. The number of carbonyl (C=O) groups is 2. The third-order valence-corrected chi connectivity index (χ3v) is 2.18. The minimum absolute atomic E-state index is 0.101. The average Bonchev–Trinajstić information content (AvgIpc) is 2.03. The second-order valence-corrected chi connectivity index (χ2v) is 3.52. The Labute approximate surface area is 80.1 Å². The van der Waals surface area contributed by atoms with E-state index in [1.807, 2.05) is 25.9 Å². The van der Waals surface area contributed by atoms with Gasteiger partial charge in [0.2, 0.25) is 0 Å². The molecule has 1 unspecified atom stereocenters. The van der Waals surface area contributed by atoms with Crippen molar-refractivity contribution < 1.29 is 9.59 Å². The molecule has 3 nitrogen and oxygen atoms in total. The van der Waals surface area contributed by atoms with Crippen LogP contribution in [-0.4, -0.2) is 36.6 Å². The fourth-order valence-electron chi connectivity index (χ4n) is 1.30. The largest absolute Gasteiger partial charge is 0.300 e. The van der Waals surface area contributed by atoms with Gasteiger partial charge in [-0.25, -0.2) is 0 Å². The van der Waals surface area contributed by atoms with Gasteiger partial charge in [0.25, 0.3) is 0 Å². The SMILES string of the molecule is CCC(=O)CCC(C(C)=O)N(C)C. The predicted octanol–water partition coefficient (Wildman–Crippen LogP) is 1.26. The molecule has 0 spiro atoms. The van der Waals surface area contributed by atoms with Gasteiger partial charge in [-0.1, -0.05) is 6.92 Å². The predicted molar refractivity (Wildman–Crippen MR) is 52.7 cm³/mol. The van der Waals surface area contributed by atoms with Gasteiger partial charge in [-0.05, 0) is 27.4 Å². The lowest BCUT2D eigenvalue weighted by atomic mass is 10.0. The molecular formula is C10H19NO2. The van der Waals surface area contributed by atoms with Gasteiger partial charge in [0, 0.05) is 12.8 Å². The lowest BCUT2D eigenvalue weighted by Crippen LogP contribution is -2.34. The van der Waals surface area contributed by atoms with Crippen molar-refractivity contribution in [2.24, 2.45) is 0 Å². The van der Waals surface area contributed by atoms with Crippen LogP contribution in [0.2, 0.25) is 0 Å². The molecule has 0 aromatic heterocycles. The van der Waals surface area contributed by atoms with Gasteiger partial charge in [0.05, 0.1) is 6.04 Å². The smallest absolute Gasteiger partial charge is 0.146 e. The van der Waals surface area contributed by atoms with Crippen molar-refractivity contribution in [1.29, 1.82) is 0 Å². The summed E-state index contributed by atoms with van der Waals surface area (Å²) in [6.07, 6.45) is 1.73.